The fourth-order valence-electron chi connectivity index (χ4n) is 9.01. The smallest absolute Gasteiger partial charge is 0.257 e. The summed E-state index contributed by atoms with van der Waals surface area (Å²) in [5.74, 6) is -0.527. The highest BCUT2D eigenvalue weighted by molar-refractivity contribution is 5.96. The van der Waals surface area contributed by atoms with Gasteiger partial charge in [0.05, 0.1) is 30.3 Å². The van der Waals surface area contributed by atoms with Crippen molar-refractivity contribution in [1.29, 1.82) is 0 Å². The van der Waals surface area contributed by atoms with Gasteiger partial charge in [-0.1, -0.05) is 77.3 Å². The van der Waals surface area contributed by atoms with Crippen molar-refractivity contribution in [3.8, 4) is 0 Å². The molecule has 2 aliphatic carbocycles. The molecule has 5 fully saturated rings. The zero-order chi connectivity index (χ0) is 36.1. The lowest BCUT2D eigenvalue weighted by Crippen LogP contribution is -2.66. The average Bonchev–Trinajstić information content (AvgIpc) is 3.39. The van der Waals surface area contributed by atoms with Gasteiger partial charge in [0.15, 0.2) is 0 Å². The van der Waals surface area contributed by atoms with Gasteiger partial charge in [-0.25, -0.2) is 0 Å². The molecule has 4 amide bonds. The average molecular weight is 701 g/mol. The molecular weight excluding hydrogens is 644 g/mol. The molecule has 1 N–H and O–H groups in total. The number of carbonyl (C=O) groups is 4. The first kappa shape index (κ1) is 35.7. The van der Waals surface area contributed by atoms with Crippen LogP contribution in [0.1, 0.15) is 89.1 Å². The van der Waals surface area contributed by atoms with Crippen molar-refractivity contribution < 1.29 is 23.9 Å². The van der Waals surface area contributed by atoms with Crippen LogP contribution in [0.15, 0.2) is 42.7 Å². The van der Waals surface area contributed by atoms with Crippen molar-refractivity contribution in [2.24, 2.45) is 34.0 Å². The van der Waals surface area contributed by atoms with E-state index in [1.54, 1.807) is 22.0 Å². The Morgan fingerprint density at radius 1 is 0.902 bits per heavy atom. The second-order valence-corrected chi connectivity index (χ2v) is 17.8. The van der Waals surface area contributed by atoms with Crippen molar-refractivity contribution in [2.45, 2.75) is 91.8 Å². The van der Waals surface area contributed by atoms with Crippen LogP contribution in [0.4, 0.5) is 0 Å². The number of nitrogens with one attached hydrogen (secondary N) is 1. The van der Waals surface area contributed by atoms with E-state index in [1.165, 1.54) is 19.3 Å². The maximum Gasteiger partial charge on any atom is 0.257 e. The summed E-state index contributed by atoms with van der Waals surface area (Å²) < 4.78 is 8.12. The SMILES string of the molecule is C[C@@H](OCC1CCCCC1)[C@H](NC(=O)C1CN(C(=O)c2cnn(Cc3ccccc3)c2)CC12CN(C(=O)[C@H]1CC1(C)C)C2)C(=O)N1CC(C)(C)C1. The van der Waals surface area contributed by atoms with Crippen LogP contribution in [0.3, 0.4) is 0 Å². The van der Waals surface area contributed by atoms with Crippen LogP contribution >= 0.6 is 0 Å². The standard InChI is InChI=1S/C40H56N6O5/c1-27(51-21-29-14-10-7-11-15-29)33(37(50)44-22-38(2,3)23-44)42-34(47)32-20-43(24-40(32)25-45(26-40)36(49)31-16-39(31,4)5)35(48)30-17-41-46(19-30)18-28-12-8-6-9-13-28/h6,8-9,12-13,17,19,27,29,31-33H,7,10-11,14-16,18,20-26H2,1-5H3,(H,42,47)/t27-,31-,32?,33+/m1/s1. The van der Waals surface area contributed by atoms with Gasteiger partial charge in [0.2, 0.25) is 17.7 Å². The number of ether oxygens (including phenoxy) is 1. The van der Waals surface area contributed by atoms with Gasteiger partial charge in [-0.3, -0.25) is 23.9 Å². The Hall–Kier alpha value is -3.73. The summed E-state index contributed by atoms with van der Waals surface area (Å²) in [7, 11) is 0. The number of carbonyl (C=O) groups excluding carboxylic acids is 4. The van der Waals surface area contributed by atoms with E-state index in [0.717, 1.165) is 24.8 Å². The summed E-state index contributed by atoms with van der Waals surface area (Å²) in [4.78, 5) is 61.3. The zero-order valence-electron chi connectivity index (χ0n) is 31.1. The maximum absolute atomic E-state index is 14.5. The van der Waals surface area contributed by atoms with Crippen molar-refractivity contribution in [3.05, 3.63) is 53.9 Å². The van der Waals surface area contributed by atoms with Gasteiger partial charge in [-0.2, -0.15) is 5.10 Å². The Balaban J connectivity index is 1.08. The number of hydrogen-bond donors (Lipinski definition) is 1. The number of benzene rings is 1. The van der Waals surface area contributed by atoms with E-state index in [0.29, 0.717) is 57.4 Å². The minimum Gasteiger partial charge on any atom is -0.376 e. The largest absolute Gasteiger partial charge is 0.376 e. The Bertz CT molecular complexity index is 1620. The zero-order valence-corrected chi connectivity index (χ0v) is 31.1. The highest BCUT2D eigenvalue weighted by Gasteiger charge is 2.62. The molecule has 11 heteroatoms. The fourth-order valence-corrected chi connectivity index (χ4v) is 9.01. The van der Waals surface area contributed by atoms with E-state index in [4.69, 9.17) is 4.74 Å². The molecule has 1 aromatic heterocycles. The van der Waals surface area contributed by atoms with Gasteiger partial charge in [-0.15, -0.1) is 0 Å². The maximum atomic E-state index is 14.5. The van der Waals surface area contributed by atoms with E-state index in [1.807, 2.05) is 47.1 Å². The normalized spacial score (nSPS) is 25.9. The predicted molar refractivity (Wildman–Crippen MR) is 192 cm³/mol. The van der Waals surface area contributed by atoms with Crippen LogP contribution in [-0.4, -0.2) is 106 Å². The van der Waals surface area contributed by atoms with E-state index in [-0.39, 0.29) is 46.9 Å². The predicted octanol–water partition coefficient (Wildman–Crippen LogP) is 4.22. The molecule has 1 spiro atoms. The molecule has 3 aliphatic heterocycles. The molecule has 2 aromatic rings. The molecule has 3 saturated heterocycles. The van der Waals surface area contributed by atoms with Crippen LogP contribution in [0.2, 0.25) is 0 Å². The Kier molecular flexibility index (Phi) is 9.56. The van der Waals surface area contributed by atoms with Crippen LogP contribution in [0.25, 0.3) is 0 Å². The number of aromatic nitrogens is 2. The van der Waals surface area contributed by atoms with Gasteiger partial charge in [-0.05, 0) is 48.5 Å². The van der Waals surface area contributed by atoms with Crippen molar-refractivity contribution in [1.82, 2.24) is 29.8 Å². The van der Waals surface area contributed by atoms with Crippen LogP contribution in [0, 0.1) is 34.0 Å². The Morgan fingerprint density at radius 3 is 2.22 bits per heavy atom. The van der Waals surface area contributed by atoms with Gasteiger partial charge >= 0.3 is 0 Å². The monoisotopic (exact) mass is 700 g/mol. The molecule has 5 aliphatic rings. The third-order valence-electron chi connectivity index (χ3n) is 12.4. The van der Waals surface area contributed by atoms with Crippen molar-refractivity contribution >= 4 is 23.6 Å². The molecule has 0 radical (unpaired) electrons. The summed E-state index contributed by atoms with van der Waals surface area (Å²) in [6.45, 7) is 14.2. The molecule has 11 nitrogen and oxygen atoms in total. The summed E-state index contributed by atoms with van der Waals surface area (Å²) in [6, 6.07) is 9.12. The number of hydrogen-bond acceptors (Lipinski definition) is 6. The molecule has 4 atom stereocenters. The minimum atomic E-state index is -0.833. The molecule has 4 heterocycles. The Labute approximate surface area is 302 Å². The lowest BCUT2D eigenvalue weighted by atomic mass is 9.70. The van der Waals surface area contributed by atoms with Crippen LogP contribution in [0.5, 0.6) is 0 Å². The molecule has 276 valence electrons. The highest BCUT2D eigenvalue weighted by Crippen LogP contribution is 2.54. The van der Waals surface area contributed by atoms with Gasteiger partial charge in [0.1, 0.15) is 6.04 Å². The Morgan fingerprint density at radius 2 is 1.57 bits per heavy atom. The van der Waals surface area contributed by atoms with Crippen LogP contribution < -0.4 is 5.32 Å². The number of likely N-dealkylation sites (tertiary alicyclic amines) is 3. The lowest BCUT2D eigenvalue weighted by molar-refractivity contribution is -0.155. The second kappa shape index (κ2) is 13.7. The molecule has 1 aromatic carbocycles. The van der Waals surface area contributed by atoms with Gasteiger partial charge in [0, 0.05) is 63.4 Å². The molecular formula is C40H56N6O5. The van der Waals surface area contributed by atoms with E-state index < -0.39 is 23.5 Å². The van der Waals surface area contributed by atoms with Gasteiger partial charge < -0.3 is 24.8 Å². The van der Waals surface area contributed by atoms with E-state index >= 15 is 0 Å². The van der Waals surface area contributed by atoms with Crippen LogP contribution in [-0.2, 0) is 25.7 Å². The van der Waals surface area contributed by atoms with Crippen molar-refractivity contribution in [2.75, 3.05) is 45.9 Å². The van der Waals surface area contributed by atoms with Gasteiger partial charge in [0.25, 0.3) is 5.91 Å². The first-order valence-electron chi connectivity index (χ1n) is 19.1. The molecule has 1 unspecified atom stereocenters. The van der Waals surface area contributed by atoms with E-state index in [9.17, 15) is 19.2 Å². The first-order valence-corrected chi connectivity index (χ1v) is 19.1. The molecule has 7 rings (SSSR count). The topological polar surface area (TPSA) is 117 Å². The minimum absolute atomic E-state index is 0.000960. The highest BCUT2D eigenvalue weighted by atomic mass is 16.5. The first-order chi connectivity index (χ1) is 24.2. The molecule has 0 bridgehead atoms. The molecule has 2 saturated carbocycles. The number of amides is 4. The lowest BCUT2D eigenvalue weighted by Gasteiger charge is -2.51. The quantitative estimate of drug-likeness (QED) is 0.376. The summed E-state index contributed by atoms with van der Waals surface area (Å²) >= 11 is 0. The summed E-state index contributed by atoms with van der Waals surface area (Å²) in [5.41, 5.74) is 0.998. The third kappa shape index (κ3) is 7.46. The summed E-state index contributed by atoms with van der Waals surface area (Å²) in [6.07, 6.45) is 9.64. The fraction of sp³-hybridized carbons (Fsp3) is 0.675. The molecule has 51 heavy (non-hydrogen) atoms. The number of nitrogens with zero attached hydrogens (tertiary/aromatic N) is 5. The number of rotatable bonds is 11. The second-order valence-electron chi connectivity index (χ2n) is 17.8. The third-order valence-corrected chi connectivity index (χ3v) is 12.4. The summed E-state index contributed by atoms with van der Waals surface area (Å²) in [5, 5.41) is 7.61. The van der Waals surface area contributed by atoms with Crippen molar-refractivity contribution in [3.63, 3.8) is 0 Å². The van der Waals surface area contributed by atoms with E-state index in [2.05, 4.69) is 38.1 Å².